The van der Waals surface area contributed by atoms with Crippen molar-refractivity contribution in [2.24, 2.45) is 0 Å². The lowest BCUT2D eigenvalue weighted by Crippen LogP contribution is -2.45. The zero-order valence-electron chi connectivity index (χ0n) is 40.5. The topological polar surface area (TPSA) is 105 Å². The van der Waals surface area contributed by atoms with Crippen molar-refractivity contribution in [2.45, 2.75) is 257 Å². The van der Waals surface area contributed by atoms with Crippen LogP contribution in [0, 0.1) is 0 Å². The highest BCUT2D eigenvalue weighted by Crippen LogP contribution is 2.43. The van der Waals surface area contributed by atoms with Gasteiger partial charge in [0.15, 0.2) is 0 Å². The van der Waals surface area contributed by atoms with E-state index in [0.717, 1.165) is 38.5 Å². The molecule has 3 unspecified atom stereocenters. The summed E-state index contributed by atoms with van der Waals surface area (Å²) in [6.07, 6.45) is 52.5. The zero-order chi connectivity index (χ0) is 44.3. The lowest BCUT2D eigenvalue weighted by atomic mass is 10.0. The molecule has 0 saturated carbocycles. The SMILES string of the molecule is CCCCCCCCC/C=C\CCCCCCCCCC(=O)NC(COP(=O)(O)OCC[N+](C)(C)C)C(O)/C=C/CCCCCCCCCCCCCCCCCCCC. The molecule has 0 aromatic heterocycles. The number of hydrogen-bond acceptors (Lipinski definition) is 5. The third-order valence-electron chi connectivity index (χ3n) is 11.7. The van der Waals surface area contributed by atoms with Crippen LogP contribution < -0.4 is 5.32 Å². The van der Waals surface area contributed by atoms with E-state index in [1.54, 1.807) is 6.08 Å². The fourth-order valence-corrected chi connectivity index (χ4v) is 8.30. The number of quaternary nitrogens is 1. The van der Waals surface area contributed by atoms with Crippen LogP contribution in [-0.4, -0.2) is 73.4 Å². The molecule has 0 fully saturated rings. The van der Waals surface area contributed by atoms with Crippen LogP contribution in [0.25, 0.3) is 0 Å². The first-order chi connectivity index (χ1) is 29.0. The van der Waals surface area contributed by atoms with Crippen LogP contribution in [0.15, 0.2) is 24.3 Å². The monoisotopic (exact) mass is 870 g/mol. The molecular weight excluding hydrogens is 768 g/mol. The number of carbonyl (C=O) groups is 1. The van der Waals surface area contributed by atoms with Gasteiger partial charge in [0.25, 0.3) is 0 Å². The Balaban J connectivity index is 4.31. The van der Waals surface area contributed by atoms with E-state index in [1.165, 1.54) is 186 Å². The molecule has 1 amide bonds. The summed E-state index contributed by atoms with van der Waals surface area (Å²) in [5.41, 5.74) is 0. The molecule has 0 aliphatic rings. The Morgan fingerprint density at radius 3 is 1.28 bits per heavy atom. The Kier molecular flexibility index (Phi) is 42.5. The summed E-state index contributed by atoms with van der Waals surface area (Å²) in [6.45, 7) is 4.83. The van der Waals surface area contributed by atoms with Crippen LogP contribution in [0.3, 0.4) is 0 Å². The molecule has 8 nitrogen and oxygen atoms in total. The molecule has 0 aliphatic heterocycles. The van der Waals surface area contributed by atoms with Gasteiger partial charge in [-0.2, -0.15) is 0 Å². The fraction of sp³-hybridized carbons (Fsp3) is 0.902. The van der Waals surface area contributed by atoms with E-state index in [-0.39, 0.29) is 19.1 Å². The first-order valence-corrected chi connectivity index (χ1v) is 27.2. The van der Waals surface area contributed by atoms with Crippen molar-refractivity contribution in [3.05, 3.63) is 24.3 Å². The van der Waals surface area contributed by atoms with Crippen LogP contribution in [0.5, 0.6) is 0 Å². The summed E-state index contributed by atoms with van der Waals surface area (Å²) in [5.74, 6) is -0.179. The van der Waals surface area contributed by atoms with Gasteiger partial charge in [-0.1, -0.05) is 218 Å². The maximum Gasteiger partial charge on any atom is 0.472 e. The molecule has 0 aromatic carbocycles. The Labute approximate surface area is 373 Å². The maximum absolute atomic E-state index is 12.9. The quantitative estimate of drug-likeness (QED) is 0.0243. The third kappa shape index (κ3) is 45.0. The van der Waals surface area contributed by atoms with E-state index in [9.17, 15) is 19.4 Å². The van der Waals surface area contributed by atoms with Crippen LogP contribution in [0.1, 0.15) is 245 Å². The van der Waals surface area contributed by atoms with E-state index in [1.807, 2.05) is 27.2 Å². The molecular formula is C51H102N2O6P+. The number of carbonyl (C=O) groups excluding carboxylic acids is 1. The lowest BCUT2D eigenvalue weighted by molar-refractivity contribution is -0.870. The number of unbranched alkanes of at least 4 members (excludes halogenated alkanes) is 32. The predicted molar refractivity (Wildman–Crippen MR) is 258 cm³/mol. The standard InChI is InChI=1S/C51H101N2O6P/c1-6-8-10-12-14-16-18-20-22-24-26-27-28-30-32-34-36-38-40-42-44-50(54)49(48-59-60(56,57)58-47-46-53(3,4)5)52-51(55)45-43-41-39-37-35-33-31-29-25-23-21-19-17-15-13-11-9-7-2/h23,25,42,44,49-50,54H,6-22,24,26-41,43,45-48H2,1-5H3,(H-,52,55,56,57)/p+1/b25-23-,44-42+. The van der Waals surface area contributed by atoms with Crippen molar-refractivity contribution in [1.82, 2.24) is 5.32 Å². The van der Waals surface area contributed by atoms with Gasteiger partial charge in [0.2, 0.25) is 5.91 Å². The average Bonchev–Trinajstić information content (AvgIpc) is 3.20. The van der Waals surface area contributed by atoms with Crippen LogP contribution >= 0.6 is 7.82 Å². The molecule has 0 heterocycles. The van der Waals surface area contributed by atoms with Crippen molar-refractivity contribution >= 4 is 13.7 Å². The molecule has 3 atom stereocenters. The Bertz CT molecular complexity index is 1030. The van der Waals surface area contributed by atoms with Gasteiger partial charge >= 0.3 is 7.82 Å². The molecule has 3 N–H and O–H groups in total. The number of nitrogens with zero attached hydrogens (tertiary/aromatic N) is 1. The van der Waals surface area contributed by atoms with Crippen molar-refractivity contribution in [3.8, 4) is 0 Å². The first-order valence-electron chi connectivity index (χ1n) is 25.7. The van der Waals surface area contributed by atoms with E-state index in [2.05, 4.69) is 31.3 Å². The number of rotatable bonds is 47. The molecule has 60 heavy (non-hydrogen) atoms. The summed E-state index contributed by atoms with van der Waals surface area (Å²) < 4.78 is 23.6. The highest BCUT2D eigenvalue weighted by Gasteiger charge is 2.27. The number of likely N-dealkylation sites (N-methyl/N-ethyl adjacent to an activating group) is 1. The van der Waals surface area contributed by atoms with Crippen LogP contribution in [0.2, 0.25) is 0 Å². The molecule has 356 valence electrons. The van der Waals surface area contributed by atoms with Crippen LogP contribution in [-0.2, 0) is 18.4 Å². The number of phosphoric ester groups is 1. The van der Waals surface area contributed by atoms with E-state index < -0.39 is 20.0 Å². The lowest BCUT2D eigenvalue weighted by Gasteiger charge is -2.25. The van der Waals surface area contributed by atoms with Gasteiger partial charge < -0.3 is 19.8 Å². The van der Waals surface area contributed by atoms with Crippen molar-refractivity contribution < 1.29 is 32.9 Å². The molecule has 9 heteroatoms. The largest absolute Gasteiger partial charge is 0.472 e. The molecule has 0 aromatic rings. The van der Waals surface area contributed by atoms with Crippen molar-refractivity contribution in [3.63, 3.8) is 0 Å². The number of amides is 1. The minimum Gasteiger partial charge on any atom is -0.387 e. The smallest absolute Gasteiger partial charge is 0.387 e. The second kappa shape index (κ2) is 43.2. The van der Waals surface area contributed by atoms with Crippen LogP contribution in [0.4, 0.5) is 0 Å². The summed E-state index contributed by atoms with van der Waals surface area (Å²) in [5, 5.41) is 13.9. The van der Waals surface area contributed by atoms with E-state index in [0.29, 0.717) is 17.4 Å². The number of aliphatic hydroxyl groups is 1. The molecule has 0 radical (unpaired) electrons. The number of aliphatic hydroxyl groups excluding tert-OH is 1. The van der Waals surface area contributed by atoms with Crippen molar-refractivity contribution in [1.29, 1.82) is 0 Å². The fourth-order valence-electron chi connectivity index (χ4n) is 7.57. The Hall–Kier alpha value is -1.02. The van der Waals surface area contributed by atoms with Gasteiger partial charge in [-0.3, -0.25) is 13.8 Å². The second-order valence-electron chi connectivity index (χ2n) is 18.9. The van der Waals surface area contributed by atoms with Crippen molar-refractivity contribution in [2.75, 3.05) is 40.9 Å². The average molecular weight is 870 g/mol. The Morgan fingerprint density at radius 2 is 0.900 bits per heavy atom. The maximum atomic E-state index is 12.9. The summed E-state index contributed by atoms with van der Waals surface area (Å²) in [4.78, 5) is 23.2. The van der Waals surface area contributed by atoms with Gasteiger partial charge in [-0.25, -0.2) is 4.57 Å². The Morgan fingerprint density at radius 1 is 0.550 bits per heavy atom. The van der Waals surface area contributed by atoms with Gasteiger partial charge in [0, 0.05) is 6.42 Å². The minimum absolute atomic E-state index is 0.0621. The summed E-state index contributed by atoms with van der Waals surface area (Å²) in [7, 11) is 1.58. The summed E-state index contributed by atoms with van der Waals surface area (Å²) in [6, 6.07) is -0.846. The molecule has 0 rings (SSSR count). The van der Waals surface area contributed by atoms with E-state index in [4.69, 9.17) is 9.05 Å². The minimum atomic E-state index is -4.34. The van der Waals surface area contributed by atoms with E-state index >= 15 is 0 Å². The van der Waals surface area contributed by atoms with Gasteiger partial charge in [0.1, 0.15) is 13.2 Å². The third-order valence-corrected chi connectivity index (χ3v) is 12.6. The van der Waals surface area contributed by atoms with Gasteiger partial charge in [-0.05, 0) is 44.9 Å². The summed E-state index contributed by atoms with van der Waals surface area (Å²) >= 11 is 0. The molecule has 0 spiro atoms. The predicted octanol–water partition coefficient (Wildman–Crippen LogP) is 14.9. The molecule has 0 aliphatic carbocycles. The number of hydrogen-bond donors (Lipinski definition) is 3. The number of phosphoric acid groups is 1. The molecule has 0 saturated heterocycles. The zero-order valence-corrected chi connectivity index (χ0v) is 41.4. The highest BCUT2D eigenvalue weighted by molar-refractivity contribution is 7.47. The van der Waals surface area contributed by atoms with Gasteiger partial charge in [-0.15, -0.1) is 0 Å². The molecule has 0 bridgehead atoms. The highest BCUT2D eigenvalue weighted by atomic mass is 31.2. The van der Waals surface area contributed by atoms with Gasteiger partial charge in [0.05, 0.1) is 39.9 Å². The first kappa shape index (κ1) is 59.0. The normalized spacial score (nSPS) is 14.3. The number of allylic oxidation sites excluding steroid dienone is 3. The number of nitrogens with one attached hydrogen (secondary N) is 1. The second-order valence-corrected chi connectivity index (χ2v) is 20.4.